The molecule has 0 heterocycles. The molecule has 37 heavy (non-hydrogen) atoms. The lowest BCUT2D eigenvalue weighted by Gasteiger charge is -2.14. The number of urea groups is 1. The number of unbranched alkanes of at least 4 members (excludes halogenated alkanes) is 2. The minimum absolute atomic E-state index is 0.206. The van der Waals surface area contributed by atoms with Crippen molar-refractivity contribution in [3.05, 3.63) is 65.5 Å². The lowest BCUT2D eigenvalue weighted by atomic mass is 10.1. The van der Waals surface area contributed by atoms with Gasteiger partial charge < -0.3 is 26.2 Å². The predicted octanol–water partition coefficient (Wildman–Crippen LogP) is 2.79. The Hall–Kier alpha value is -4.48. The minimum atomic E-state index is -1.30. The van der Waals surface area contributed by atoms with Gasteiger partial charge in [-0.05, 0) is 67.6 Å². The fraction of sp³-hybridized carbons (Fsp3) is 0.320. The Morgan fingerprint density at radius 1 is 0.892 bits per heavy atom. The first kappa shape index (κ1) is 28.8. The van der Waals surface area contributed by atoms with Crippen molar-refractivity contribution in [2.24, 2.45) is 5.10 Å². The number of carboxylic acids is 2. The van der Waals surface area contributed by atoms with Crippen molar-refractivity contribution in [1.82, 2.24) is 16.0 Å². The molecule has 0 aliphatic rings. The van der Waals surface area contributed by atoms with Crippen LogP contribution < -0.4 is 21.4 Å². The number of hydrogen-bond donors (Lipinski definition) is 6. The van der Waals surface area contributed by atoms with Crippen LogP contribution in [0.1, 0.15) is 48.0 Å². The number of anilines is 1. The number of amides is 3. The quantitative estimate of drug-likeness (QED) is 0.120. The highest BCUT2D eigenvalue weighted by atomic mass is 19.1. The molecule has 3 amide bonds. The van der Waals surface area contributed by atoms with Crippen molar-refractivity contribution >= 4 is 35.8 Å². The number of hydrazone groups is 1. The number of rotatable bonds is 15. The van der Waals surface area contributed by atoms with Crippen LogP contribution in [-0.4, -0.2) is 59.4 Å². The maximum Gasteiger partial charge on any atom is 0.326 e. The Balaban J connectivity index is 1.59. The fourth-order valence-electron chi connectivity index (χ4n) is 3.09. The third-order valence-corrected chi connectivity index (χ3v) is 5.10. The van der Waals surface area contributed by atoms with E-state index in [1.54, 1.807) is 42.6 Å². The standard InChI is InChI=1S/C25H30FN5O6/c26-19-8-4-17(5-9-19)16-29-31-20-10-6-18(7-11-20)23(34)27-14-2-1-3-15-28-25(37)30-21(24(35)36)12-13-22(32)33/h4-11,16,21,31H,1-3,12-15H2,(H,27,34)(H,32,33)(H,35,36)(H2,28,30,37)/b29-16-. The number of hydrogen-bond acceptors (Lipinski definition) is 6. The van der Waals surface area contributed by atoms with Gasteiger partial charge in [-0.2, -0.15) is 5.10 Å². The van der Waals surface area contributed by atoms with Crippen LogP contribution in [0, 0.1) is 5.82 Å². The van der Waals surface area contributed by atoms with Gasteiger partial charge in [-0.25, -0.2) is 14.0 Å². The van der Waals surface area contributed by atoms with Crippen molar-refractivity contribution in [1.29, 1.82) is 0 Å². The van der Waals surface area contributed by atoms with E-state index in [0.717, 1.165) is 12.0 Å². The van der Waals surface area contributed by atoms with Crippen molar-refractivity contribution in [3.8, 4) is 0 Å². The van der Waals surface area contributed by atoms with Gasteiger partial charge in [0.25, 0.3) is 5.91 Å². The van der Waals surface area contributed by atoms with E-state index in [0.29, 0.717) is 37.2 Å². The number of nitrogens with one attached hydrogen (secondary N) is 4. The highest BCUT2D eigenvalue weighted by Crippen LogP contribution is 2.10. The zero-order valence-corrected chi connectivity index (χ0v) is 20.1. The third-order valence-electron chi connectivity index (χ3n) is 5.10. The maximum atomic E-state index is 12.9. The van der Waals surface area contributed by atoms with E-state index in [1.165, 1.54) is 12.1 Å². The molecule has 198 valence electrons. The van der Waals surface area contributed by atoms with Gasteiger partial charge in [0.1, 0.15) is 11.9 Å². The number of benzene rings is 2. The second-order valence-corrected chi connectivity index (χ2v) is 8.04. The van der Waals surface area contributed by atoms with Gasteiger partial charge in [0, 0.05) is 25.1 Å². The summed E-state index contributed by atoms with van der Waals surface area (Å²) in [7, 11) is 0. The smallest absolute Gasteiger partial charge is 0.326 e. The van der Waals surface area contributed by atoms with E-state index >= 15 is 0 Å². The van der Waals surface area contributed by atoms with Crippen LogP contribution >= 0.6 is 0 Å². The van der Waals surface area contributed by atoms with E-state index in [1.807, 2.05) is 0 Å². The second kappa shape index (κ2) is 15.5. The van der Waals surface area contributed by atoms with Crippen LogP contribution in [0.5, 0.6) is 0 Å². The Bertz CT molecular complexity index is 1080. The zero-order valence-electron chi connectivity index (χ0n) is 20.1. The van der Waals surface area contributed by atoms with E-state index in [9.17, 15) is 23.6 Å². The maximum absolute atomic E-state index is 12.9. The molecule has 0 bridgehead atoms. The SMILES string of the molecule is O=C(O)CCC(NC(=O)NCCCCCNC(=O)c1ccc(N/N=C\c2ccc(F)cc2)cc1)C(=O)O. The Kier molecular flexibility index (Phi) is 12.0. The number of carboxylic acid groups (broad SMARTS) is 2. The highest BCUT2D eigenvalue weighted by molar-refractivity contribution is 5.94. The second-order valence-electron chi connectivity index (χ2n) is 8.04. The number of nitrogens with zero attached hydrogens (tertiary/aromatic N) is 1. The van der Waals surface area contributed by atoms with Crippen LogP contribution in [0.2, 0.25) is 0 Å². The number of aliphatic carboxylic acids is 2. The molecule has 0 saturated heterocycles. The molecule has 0 aliphatic carbocycles. The van der Waals surface area contributed by atoms with Crippen LogP contribution in [-0.2, 0) is 9.59 Å². The molecule has 2 rings (SSSR count). The summed E-state index contributed by atoms with van der Waals surface area (Å²) in [4.78, 5) is 45.7. The van der Waals surface area contributed by atoms with E-state index in [2.05, 4.69) is 26.5 Å². The van der Waals surface area contributed by atoms with E-state index in [4.69, 9.17) is 10.2 Å². The Labute approximate surface area is 213 Å². The van der Waals surface area contributed by atoms with E-state index < -0.39 is 24.0 Å². The molecule has 6 N–H and O–H groups in total. The molecular weight excluding hydrogens is 485 g/mol. The summed E-state index contributed by atoms with van der Waals surface area (Å²) in [5.74, 6) is -2.98. The molecule has 0 spiro atoms. The van der Waals surface area contributed by atoms with Gasteiger partial charge in [0.2, 0.25) is 0 Å². The molecule has 0 saturated carbocycles. The molecule has 2 aromatic carbocycles. The Morgan fingerprint density at radius 3 is 2.16 bits per heavy atom. The summed E-state index contributed by atoms with van der Waals surface area (Å²) < 4.78 is 12.9. The molecule has 1 atom stereocenters. The molecule has 11 nitrogen and oxygen atoms in total. The first-order valence-corrected chi connectivity index (χ1v) is 11.7. The van der Waals surface area contributed by atoms with Gasteiger partial charge in [-0.1, -0.05) is 12.1 Å². The van der Waals surface area contributed by atoms with Crippen molar-refractivity contribution in [3.63, 3.8) is 0 Å². The van der Waals surface area contributed by atoms with Gasteiger partial charge in [0.15, 0.2) is 0 Å². The van der Waals surface area contributed by atoms with Gasteiger partial charge >= 0.3 is 18.0 Å². The molecule has 0 aliphatic heterocycles. The van der Waals surface area contributed by atoms with Crippen molar-refractivity contribution < 1.29 is 33.8 Å². The first-order valence-electron chi connectivity index (χ1n) is 11.7. The van der Waals surface area contributed by atoms with Crippen LogP contribution in [0.15, 0.2) is 53.6 Å². The van der Waals surface area contributed by atoms with Crippen molar-refractivity contribution in [2.75, 3.05) is 18.5 Å². The van der Waals surface area contributed by atoms with E-state index in [-0.39, 0.29) is 24.6 Å². The summed E-state index contributed by atoms with van der Waals surface area (Å²) in [6.07, 6.45) is 3.01. The molecule has 2 aromatic rings. The Morgan fingerprint density at radius 2 is 1.54 bits per heavy atom. The van der Waals surface area contributed by atoms with Crippen LogP contribution in [0.4, 0.5) is 14.9 Å². The lowest BCUT2D eigenvalue weighted by molar-refractivity contribution is -0.140. The molecule has 0 radical (unpaired) electrons. The van der Waals surface area contributed by atoms with Gasteiger partial charge in [0.05, 0.1) is 11.9 Å². The molecule has 0 fully saturated rings. The molecule has 0 aromatic heterocycles. The summed E-state index contributed by atoms with van der Waals surface area (Å²) in [5.41, 5.74) is 4.75. The molecule has 1 unspecified atom stereocenters. The largest absolute Gasteiger partial charge is 0.481 e. The minimum Gasteiger partial charge on any atom is -0.481 e. The summed E-state index contributed by atoms with van der Waals surface area (Å²) >= 11 is 0. The monoisotopic (exact) mass is 515 g/mol. The molecule has 12 heteroatoms. The number of carbonyl (C=O) groups excluding carboxylic acids is 2. The van der Waals surface area contributed by atoms with Crippen LogP contribution in [0.3, 0.4) is 0 Å². The predicted molar refractivity (Wildman–Crippen MR) is 135 cm³/mol. The number of carbonyl (C=O) groups is 4. The highest BCUT2D eigenvalue weighted by Gasteiger charge is 2.20. The van der Waals surface area contributed by atoms with Gasteiger partial charge in [-0.15, -0.1) is 0 Å². The average molecular weight is 516 g/mol. The topological polar surface area (TPSA) is 169 Å². The lowest BCUT2D eigenvalue weighted by Crippen LogP contribution is -2.46. The average Bonchev–Trinajstić information content (AvgIpc) is 2.87. The summed E-state index contributed by atoms with van der Waals surface area (Å²) in [6.45, 7) is 0.756. The normalized spacial score (nSPS) is 11.5. The summed E-state index contributed by atoms with van der Waals surface area (Å²) in [6, 6.07) is 10.7. The molecular formula is C25H30FN5O6. The van der Waals surface area contributed by atoms with Crippen molar-refractivity contribution in [2.45, 2.75) is 38.1 Å². The third kappa shape index (κ3) is 11.7. The van der Waals surface area contributed by atoms with Gasteiger partial charge in [-0.3, -0.25) is 15.0 Å². The zero-order chi connectivity index (χ0) is 27.0. The fourth-order valence-corrected chi connectivity index (χ4v) is 3.09. The number of halogens is 1. The summed E-state index contributed by atoms with van der Waals surface area (Å²) in [5, 5.41) is 29.3. The van der Waals surface area contributed by atoms with Crippen LogP contribution in [0.25, 0.3) is 0 Å². The first-order chi connectivity index (χ1) is 17.7.